The predicted molar refractivity (Wildman–Crippen MR) is 34.9 cm³/mol. The molecule has 0 aliphatic heterocycles. The molecule has 0 rings (SSSR count). The Balaban J connectivity index is 3.35. The van der Waals surface area contributed by atoms with Crippen molar-refractivity contribution in [2.45, 2.75) is 19.4 Å². The Hall–Kier alpha value is -0.0800. The normalized spacial score (nSPS) is 14.6. The zero-order valence-corrected chi connectivity index (χ0v) is 5.89. The van der Waals surface area contributed by atoms with Crippen molar-refractivity contribution < 1.29 is 5.11 Å². The minimum absolute atomic E-state index is 0.267. The Kier molecular flexibility index (Phi) is 3.83. The third-order valence-electron chi connectivity index (χ3n) is 1.41. The third-order valence-corrected chi connectivity index (χ3v) is 1.41. The molecule has 0 saturated heterocycles. The average molecular weight is 117 g/mol. The van der Waals surface area contributed by atoms with E-state index in [1.54, 1.807) is 0 Å². The Morgan fingerprint density at radius 3 is 2.00 bits per heavy atom. The molecule has 0 aliphatic carbocycles. The first-order valence-electron chi connectivity index (χ1n) is 2.99. The van der Waals surface area contributed by atoms with Crippen LogP contribution in [0, 0.1) is 0 Å². The van der Waals surface area contributed by atoms with Gasteiger partial charge in [0, 0.05) is 6.04 Å². The molecule has 0 unspecified atom stereocenters. The second-order valence-corrected chi connectivity index (χ2v) is 2.21. The Labute approximate surface area is 51.1 Å². The van der Waals surface area contributed by atoms with Crippen LogP contribution >= 0.6 is 0 Å². The van der Waals surface area contributed by atoms with Gasteiger partial charge in [0.1, 0.15) is 0 Å². The Bertz CT molecular complexity index is 50.5. The van der Waals surface area contributed by atoms with Crippen LogP contribution in [-0.2, 0) is 0 Å². The maximum Gasteiger partial charge on any atom is 0.0586 e. The number of aliphatic hydroxyl groups is 1. The lowest BCUT2D eigenvalue weighted by Gasteiger charge is -2.19. The average Bonchev–Trinajstić information content (AvgIpc) is 1.69. The van der Waals surface area contributed by atoms with Gasteiger partial charge in [-0.15, -0.1) is 0 Å². The molecule has 50 valence electrons. The fourth-order valence-electron chi connectivity index (χ4n) is 0.658. The van der Waals surface area contributed by atoms with Crippen molar-refractivity contribution >= 4 is 0 Å². The van der Waals surface area contributed by atoms with Gasteiger partial charge in [-0.25, -0.2) is 0 Å². The van der Waals surface area contributed by atoms with Crippen LogP contribution in [0.4, 0.5) is 0 Å². The Morgan fingerprint density at radius 1 is 1.50 bits per heavy atom. The molecular weight excluding hydrogens is 102 g/mol. The minimum atomic E-state index is 0.267. The first-order chi connectivity index (χ1) is 3.72. The SMILES string of the molecule is CC[C@H](CO)N(C)C. The van der Waals surface area contributed by atoms with Gasteiger partial charge in [0.2, 0.25) is 0 Å². The van der Waals surface area contributed by atoms with Gasteiger partial charge in [0.15, 0.2) is 0 Å². The molecule has 0 heterocycles. The monoisotopic (exact) mass is 117 g/mol. The highest BCUT2D eigenvalue weighted by Gasteiger charge is 2.04. The molecule has 0 bridgehead atoms. The maximum atomic E-state index is 8.65. The van der Waals surface area contributed by atoms with E-state index in [1.165, 1.54) is 0 Å². The highest BCUT2D eigenvalue weighted by atomic mass is 16.3. The largest absolute Gasteiger partial charge is 0.395 e. The summed E-state index contributed by atoms with van der Waals surface area (Å²) in [7, 11) is 3.95. The summed E-state index contributed by atoms with van der Waals surface area (Å²) in [5.41, 5.74) is 0. The lowest BCUT2D eigenvalue weighted by atomic mass is 10.2. The zero-order valence-electron chi connectivity index (χ0n) is 5.89. The van der Waals surface area contributed by atoms with E-state index < -0.39 is 0 Å². The van der Waals surface area contributed by atoms with Crippen LogP contribution in [0.25, 0.3) is 0 Å². The van der Waals surface area contributed by atoms with Crippen LogP contribution in [0.15, 0.2) is 0 Å². The summed E-state index contributed by atoms with van der Waals surface area (Å²) >= 11 is 0. The zero-order chi connectivity index (χ0) is 6.57. The van der Waals surface area contributed by atoms with Crippen LogP contribution < -0.4 is 0 Å². The fourth-order valence-corrected chi connectivity index (χ4v) is 0.658. The second-order valence-electron chi connectivity index (χ2n) is 2.21. The second kappa shape index (κ2) is 3.87. The molecule has 2 nitrogen and oxygen atoms in total. The summed E-state index contributed by atoms with van der Waals surface area (Å²) in [4.78, 5) is 2.03. The van der Waals surface area contributed by atoms with Crippen molar-refractivity contribution in [1.29, 1.82) is 0 Å². The number of aliphatic hydroxyl groups excluding tert-OH is 1. The molecule has 0 aromatic heterocycles. The van der Waals surface area contributed by atoms with Crippen LogP contribution in [0.3, 0.4) is 0 Å². The van der Waals surface area contributed by atoms with Gasteiger partial charge >= 0.3 is 0 Å². The van der Waals surface area contributed by atoms with Crippen molar-refractivity contribution in [2.75, 3.05) is 20.7 Å². The molecule has 0 aromatic rings. The van der Waals surface area contributed by atoms with E-state index in [1.807, 2.05) is 19.0 Å². The van der Waals surface area contributed by atoms with Crippen molar-refractivity contribution in [3.8, 4) is 0 Å². The summed E-state index contributed by atoms with van der Waals surface area (Å²) in [6.07, 6.45) is 1.02. The van der Waals surface area contributed by atoms with Gasteiger partial charge < -0.3 is 10.0 Å². The molecule has 1 atom stereocenters. The topological polar surface area (TPSA) is 23.5 Å². The molecule has 8 heavy (non-hydrogen) atoms. The van der Waals surface area contributed by atoms with E-state index in [4.69, 9.17) is 5.11 Å². The minimum Gasteiger partial charge on any atom is -0.395 e. The number of rotatable bonds is 3. The predicted octanol–water partition coefficient (Wildman–Crippen LogP) is 0.319. The van der Waals surface area contributed by atoms with E-state index in [9.17, 15) is 0 Å². The van der Waals surface area contributed by atoms with Gasteiger partial charge in [-0.1, -0.05) is 6.92 Å². The summed E-state index contributed by atoms with van der Waals surface area (Å²) in [6.45, 7) is 2.34. The van der Waals surface area contributed by atoms with Crippen LogP contribution in [0.2, 0.25) is 0 Å². The van der Waals surface area contributed by atoms with Crippen LogP contribution in [-0.4, -0.2) is 36.8 Å². The quantitative estimate of drug-likeness (QED) is 0.575. The molecule has 0 spiro atoms. The van der Waals surface area contributed by atoms with Crippen molar-refractivity contribution in [3.05, 3.63) is 0 Å². The molecule has 0 fully saturated rings. The lowest BCUT2D eigenvalue weighted by Crippen LogP contribution is -2.30. The van der Waals surface area contributed by atoms with Gasteiger partial charge in [-0.05, 0) is 20.5 Å². The molecule has 0 aliphatic rings. The van der Waals surface area contributed by atoms with Crippen LogP contribution in [0.5, 0.6) is 0 Å². The summed E-state index contributed by atoms with van der Waals surface area (Å²) in [6, 6.07) is 0.343. The van der Waals surface area contributed by atoms with E-state index >= 15 is 0 Å². The van der Waals surface area contributed by atoms with Gasteiger partial charge in [-0.2, -0.15) is 0 Å². The van der Waals surface area contributed by atoms with Gasteiger partial charge in [0.05, 0.1) is 6.61 Å². The molecule has 0 radical (unpaired) electrons. The summed E-state index contributed by atoms with van der Waals surface area (Å²) < 4.78 is 0. The first kappa shape index (κ1) is 7.92. The van der Waals surface area contributed by atoms with E-state index in [0.717, 1.165) is 6.42 Å². The summed E-state index contributed by atoms with van der Waals surface area (Å²) in [5, 5.41) is 8.65. The molecule has 0 aromatic carbocycles. The molecule has 1 N–H and O–H groups in total. The molecule has 0 saturated carbocycles. The number of hydrogen-bond acceptors (Lipinski definition) is 2. The van der Waals surface area contributed by atoms with E-state index in [-0.39, 0.29) is 6.61 Å². The Morgan fingerprint density at radius 2 is 2.00 bits per heavy atom. The number of nitrogens with zero attached hydrogens (tertiary/aromatic N) is 1. The highest BCUT2D eigenvalue weighted by Crippen LogP contribution is 1.95. The fraction of sp³-hybridized carbons (Fsp3) is 1.00. The first-order valence-corrected chi connectivity index (χ1v) is 2.99. The molecule has 0 amide bonds. The van der Waals surface area contributed by atoms with Crippen molar-refractivity contribution in [1.82, 2.24) is 4.90 Å². The van der Waals surface area contributed by atoms with Crippen LogP contribution in [0.1, 0.15) is 13.3 Å². The number of hydrogen-bond donors (Lipinski definition) is 1. The van der Waals surface area contributed by atoms with E-state index in [0.29, 0.717) is 6.04 Å². The summed E-state index contributed by atoms with van der Waals surface area (Å²) in [5.74, 6) is 0. The molecule has 2 heteroatoms. The van der Waals surface area contributed by atoms with Gasteiger partial charge in [-0.3, -0.25) is 0 Å². The smallest absolute Gasteiger partial charge is 0.0586 e. The maximum absolute atomic E-state index is 8.65. The standard InChI is InChI=1S/C6H15NO/c1-4-6(5-8)7(2)3/h6,8H,4-5H2,1-3H3/t6-/m1/s1. The van der Waals surface area contributed by atoms with Crippen molar-refractivity contribution in [3.63, 3.8) is 0 Å². The number of likely N-dealkylation sites (N-methyl/N-ethyl adjacent to an activating group) is 1. The van der Waals surface area contributed by atoms with E-state index in [2.05, 4.69) is 6.92 Å². The highest BCUT2D eigenvalue weighted by molar-refractivity contribution is 4.59. The third kappa shape index (κ3) is 2.28. The van der Waals surface area contributed by atoms with Crippen molar-refractivity contribution in [2.24, 2.45) is 0 Å². The van der Waals surface area contributed by atoms with Gasteiger partial charge in [0.25, 0.3) is 0 Å². The lowest BCUT2D eigenvalue weighted by molar-refractivity contribution is 0.166. The molecular formula is C6H15NO.